The molecular formula is C8H7EuF3OS. The third-order valence-corrected chi connectivity index (χ3v) is 2.43. The zero-order chi connectivity index (χ0) is 9.90. The topological polar surface area (TPSA) is 17.1 Å². The Kier molecular flexibility index (Phi) is 6.69. The Labute approximate surface area is 124 Å². The Bertz CT molecular complexity index is 281. The summed E-state index contributed by atoms with van der Waals surface area (Å²) < 4.78 is 35.2. The van der Waals surface area contributed by atoms with Crippen LogP contribution in [0.1, 0.15) is 11.3 Å². The van der Waals surface area contributed by atoms with Gasteiger partial charge >= 0.3 is 6.18 Å². The zero-order valence-corrected chi connectivity index (χ0v) is 10.2. The van der Waals surface area contributed by atoms with E-state index in [1.165, 1.54) is 11.3 Å². The molecule has 1 aromatic heterocycles. The monoisotopic (exact) mass is 361 g/mol. The van der Waals surface area contributed by atoms with E-state index in [2.05, 4.69) is 0 Å². The van der Waals surface area contributed by atoms with Gasteiger partial charge in [0.15, 0.2) is 0 Å². The van der Waals surface area contributed by atoms with Crippen LogP contribution in [0.3, 0.4) is 0 Å². The van der Waals surface area contributed by atoms with Gasteiger partial charge in [0.2, 0.25) is 5.78 Å². The van der Waals surface area contributed by atoms with Crippen LogP contribution in [0.5, 0.6) is 0 Å². The summed E-state index contributed by atoms with van der Waals surface area (Å²) in [6.45, 7) is 0. The van der Waals surface area contributed by atoms with Crippen LogP contribution in [0.4, 0.5) is 13.2 Å². The molecule has 0 saturated heterocycles. The first-order valence-electron chi connectivity index (χ1n) is 3.62. The van der Waals surface area contributed by atoms with E-state index in [9.17, 15) is 18.0 Å². The van der Waals surface area contributed by atoms with Crippen molar-refractivity contribution in [1.82, 2.24) is 0 Å². The summed E-state index contributed by atoms with van der Waals surface area (Å²) in [5, 5.41) is 1.77. The molecule has 1 nitrogen and oxygen atoms in total. The Morgan fingerprint density at radius 2 is 2.07 bits per heavy atom. The number of rotatable bonds is 3. The minimum absolute atomic E-state index is 0. The standard InChI is InChI=1S/C8H7F3OS.Eu/c9-8(10,11)7(12)4-3-6-2-1-5-13-6;/h1-2,5H,3-4H2;. The number of aryl methyl sites for hydroxylation is 1. The predicted octanol–water partition coefficient (Wildman–Crippen LogP) is 2.81. The van der Waals surface area contributed by atoms with E-state index in [4.69, 9.17) is 0 Å². The van der Waals surface area contributed by atoms with E-state index < -0.39 is 18.4 Å². The number of ketones is 1. The van der Waals surface area contributed by atoms with E-state index in [1.807, 2.05) is 0 Å². The molecule has 0 saturated carbocycles. The summed E-state index contributed by atoms with van der Waals surface area (Å²) >= 11 is 1.36. The fourth-order valence-electron chi connectivity index (χ4n) is 0.833. The van der Waals surface area contributed by atoms with Crippen molar-refractivity contribution >= 4 is 17.1 Å². The van der Waals surface area contributed by atoms with Gasteiger partial charge < -0.3 is 0 Å². The number of hydrogen-bond acceptors (Lipinski definition) is 2. The Morgan fingerprint density at radius 3 is 2.50 bits per heavy atom. The number of thiophene rings is 1. The van der Waals surface area contributed by atoms with Gasteiger partial charge in [-0.15, -0.1) is 11.3 Å². The first-order valence-corrected chi connectivity index (χ1v) is 4.50. The van der Waals surface area contributed by atoms with Crippen LogP contribution < -0.4 is 0 Å². The largest absolute Gasteiger partial charge is 0.449 e. The second-order valence-corrected chi connectivity index (χ2v) is 3.53. The van der Waals surface area contributed by atoms with Crippen molar-refractivity contribution in [2.24, 2.45) is 0 Å². The summed E-state index contributed by atoms with van der Waals surface area (Å²) in [6, 6.07) is 3.46. The number of hydrogen-bond donors (Lipinski definition) is 0. The molecule has 0 fully saturated rings. The third kappa shape index (κ3) is 5.00. The van der Waals surface area contributed by atoms with Crippen molar-refractivity contribution in [3.8, 4) is 0 Å². The fourth-order valence-corrected chi connectivity index (χ4v) is 1.54. The predicted molar refractivity (Wildman–Crippen MR) is 43.7 cm³/mol. The molecule has 79 valence electrons. The second kappa shape index (κ2) is 6.35. The second-order valence-electron chi connectivity index (χ2n) is 2.50. The van der Waals surface area contributed by atoms with Crippen molar-refractivity contribution in [3.63, 3.8) is 0 Å². The maximum atomic E-state index is 11.7. The van der Waals surface area contributed by atoms with Gasteiger partial charge in [0.25, 0.3) is 0 Å². The summed E-state index contributed by atoms with van der Waals surface area (Å²) in [5.74, 6) is -1.65. The van der Waals surface area contributed by atoms with Crippen LogP contribution in [0.25, 0.3) is 0 Å². The van der Waals surface area contributed by atoms with Gasteiger partial charge in [-0.05, 0) is 17.9 Å². The molecule has 1 rings (SSSR count). The third-order valence-electron chi connectivity index (χ3n) is 1.49. The Balaban J connectivity index is 0.00000169. The molecule has 1 aromatic rings. The molecule has 1 heterocycles. The Hall–Kier alpha value is 0.744. The maximum Gasteiger partial charge on any atom is 0.449 e. The van der Waals surface area contributed by atoms with Gasteiger partial charge in [-0.2, -0.15) is 13.2 Å². The van der Waals surface area contributed by atoms with Crippen molar-refractivity contribution in [3.05, 3.63) is 22.4 Å². The van der Waals surface area contributed by atoms with Crippen LogP contribution in [0, 0.1) is 49.4 Å². The van der Waals surface area contributed by atoms with Crippen LogP contribution >= 0.6 is 11.3 Å². The van der Waals surface area contributed by atoms with Gasteiger partial charge in [-0.3, -0.25) is 4.79 Å². The van der Waals surface area contributed by atoms with E-state index >= 15 is 0 Å². The molecule has 0 N–H and O–H groups in total. The van der Waals surface area contributed by atoms with E-state index in [0.29, 0.717) is 0 Å². The molecule has 1 radical (unpaired) electrons. The average Bonchev–Trinajstić information content (AvgIpc) is 2.50. The molecule has 14 heavy (non-hydrogen) atoms. The maximum absolute atomic E-state index is 11.7. The van der Waals surface area contributed by atoms with Crippen molar-refractivity contribution < 1.29 is 67.3 Å². The first kappa shape index (κ1) is 14.7. The van der Waals surface area contributed by atoms with Gasteiger partial charge in [-0.1, -0.05) is 6.07 Å². The Morgan fingerprint density at radius 1 is 1.43 bits per heavy atom. The van der Waals surface area contributed by atoms with Gasteiger partial charge in [0.1, 0.15) is 0 Å². The van der Waals surface area contributed by atoms with Crippen LogP contribution in [-0.4, -0.2) is 12.0 Å². The van der Waals surface area contributed by atoms with E-state index in [0.717, 1.165) is 4.88 Å². The number of carbonyl (C=O) groups excluding carboxylic acids is 1. The molecule has 0 aliphatic rings. The minimum atomic E-state index is -4.68. The number of alkyl halides is 3. The van der Waals surface area contributed by atoms with E-state index in [1.54, 1.807) is 17.5 Å². The first-order chi connectivity index (χ1) is 6.00. The number of halogens is 3. The minimum Gasteiger partial charge on any atom is -0.290 e. The van der Waals surface area contributed by atoms with Crippen LogP contribution in [0.2, 0.25) is 0 Å². The molecule has 6 heteroatoms. The smallest absolute Gasteiger partial charge is 0.290 e. The quantitative estimate of drug-likeness (QED) is 0.810. The normalized spacial score (nSPS) is 10.8. The van der Waals surface area contributed by atoms with Crippen LogP contribution in [-0.2, 0) is 11.2 Å². The van der Waals surface area contributed by atoms with Gasteiger partial charge in [0, 0.05) is 60.7 Å². The fraction of sp³-hybridized carbons (Fsp3) is 0.375. The van der Waals surface area contributed by atoms with Crippen LogP contribution in [0.15, 0.2) is 17.5 Å². The summed E-state index contributed by atoms with van der Waals surface area (Å²) in [5.41, 5.74) is 0. The van der Waals surface area contributed by atoms with E-state index in [-0.39, 0.29) is 55.8 Å². The average molecular weight is 360 g/mol. The van der Waals surface area contributed by atoms with Crippen molar-refractivity contribution in [1.29, 1.82) is 0 Å². The summed E-state index contributed by atoms with van der Waals surface area (Å²) in [4.78, 5) is 11.2. The molecule has 0 atom stereocenters. The van der Waals surface area contributed by atoms with Crippen molar-refractivity contribution in [2.75, 3.05) is 0 Å². The molecule has 0 aromatic carbocycles. The molecular weight excluding hydrogens is 353 g/mol. The molecule has 0 amide bonds. The summed E-state index contributed by atoms with van der Waals surface area (Å²) in [6.07, 6.45) is -4.96. The van der Waals surface area contributed by atoms with Crippen molar-refractivity contribution in [2.45, 2.75) is 19.0 Å². The SMILES string of the molecule is O=C(CCc1cccs1)C(F)(F)F.[Eu]. The number of Topliss-reactive ketones (excluding diaryl/α,β-unsaturated/α-hetero) is 1. The van der Waals surface area contributed by atoms with Gasteiger partial charge in [0.05, 0.1) is 0 Å². The molecule has 0 spiro atoms. The molecule has 0 aliphatic carbocycles. The zero-order valence-electron chi connectivity index (χ0n) is 6.97. The number of carbonyl (C=O) groups is 1. The van der Waals surface area contributed by atoms with Gasteiger partial charge in [-0.25, -0.2) is 0 Å². The molecule has 0 aliphatic heterocycles. The summed E-state index contributed by atoms with van der Waals surface area (Å²) in [7, 11) is 0. The molecule has 0 bridgehead atoms. The molecule has 0 unspecified atom stereocenters.